The lowest BCUT2D eigenvalue weighted by molar-refractivity contribution is -0.153. The fraction of sp³-hybridized carbons (Fsp3) is 0.545. The van der Waals surface area contributed by atoms with Crippen molar-refractivity contribution in [1.82, 2.24) is 5.32 Å². The SMILES string of the molecule is CCOC(=O)C1(NC(=O)[C@@H]2[C@@H](C=C(C)C)C2(C)C)Cc2ccccc2C1. The molecule has 0 heterocycles. The van der Waals surface area contributed by atoms with Crippen molar-refractivity contribution >= 4 is 11.9 Å². The molecule has 1 N–H and O–H groups in total. The predicted octanol–water partition coefficient (Wildman–Crippen LogP) is 3.44. The van der Waals surface area contributed by atoms with Crippen LogP contribution in [0.4, 0.5) is 0 Å². The van der Waals surface area contributed by atoms with Gasteiger partial charge in [-0.25, -0.2) is 4.79 Å². The number of hydrogen-bond donors (Lipinski definition) is 1. The van der Waals surface area contributed by atoms with Gasteiger partial charge in [-0.15, -0.1) is 0 Å². The summed E-state index contributed by atoms with van der Waals surface area (Å²) in [5, 5.41) is 3.10. The van der Waals surface area contributed by atoms with Gasteiger partial charge in [-0.2, -0.15) is 0 Å². The van der Waals surface area contributed by atoms with Gasteiger partial charge in [-0.05, 0) is 43.2 Å². The van der Waals surface area contributed by atoms with Gasteiger partial charge in [0.05, 0.1) is 12.5 Å². The summed E-state index contributed by atoms with van der Waals surface area (Å²) in [4.78, 5) is 25.9. The molecule has 2 atom stereocenters. The molecule has 0 spiro atoms. The molecule has 1 aromatic carbocycles. The highest BCUT2D eigenvalue weighted by atomic mass is 16.5. The minimum absolute atomic E-state index is 0.0432. The van der Waals surface area contributed by atoms with Gasteiger partial charge in [0.1, 0.15) is 5.54 Å². The number of nitrogens with one attached hydrogen (secondary N) is 1. The normalized spacial score (nSPS) is 24.3. The lowest BCUT2D eigenvalue weighted by atomic mass is 9.94. The molecule has 1 amide bonds. The molecule has 4 heteroatoms. The molecule has 3 rings (SSSR count). The first-order valence-electron chi connectivity index (χ1n) is 9.42. The lowest BCUT2D eigenvalue weighted by Gasteiger charge is -2.28. The number of hydrogen-bond acceptors (Lipinski definition) is 3. The molecule has 0 bridgehead atoms. The summed E-state index contributed by atoms with van der Waals surface area (Å²) < 4.78 is 5.34. The Morgan fingerprint density at radius 3 is 2.27 bits per heavy atom. The van der Waals surface area contributed by atoms with Crippen molar-refractivity contribution in [3.63, 3.8) is 0 Å². The Morgan fingerprint density at radius 1 is 1.19 bits per heavy atom. The van der Waals surface area contributed by atoms with Crippen LogP contribution in [0, 0.1) is 17.3 Å². The van der Waals surface area contributed by atoms with Gasteiger partial charge in [0.25, 0.3) is 0 Å². The molecule has 0 saturated heterocycles. The summed E-state index contributed by atoms with van der Waals surface area (Å²) in [5.41, 5.74) is 2.37. The van der Waals surface area contributed by atoms with Crippen molar-refractivity contribution in [3.05, 3.63) is 47.0 Å². The Hall–Kier alpha value is -2.10. The minimum Gasteiger partial charge on any atom is -0.464 e. The van der Waals surface area contributed by atoms with Crippen molar-refractivity contribution in [1.29, 1.82) is 0 Å². The van der Waals surface area contributed by atoms with Crippen LogP contribution in [0.5, 0.6) is 0 Å². The molecular weight excluding hydrogens is 326 g/mol. The summed E-state index contributed by atoms with van der Waals surface area (Å²) in [6.07, 6.45) is 3.16. The summed E-state index contributed by atoms with van der Waals surface area (Å²) >= 11 is 0. The van der Waals surface area contributed by atoms with E-state index < -0.39 is 5.54 Å². The molecule has 0 unspecified atom stereocenters. The van der Waals surface area contributed by atoms with Crippen LogP contribution >= 0.6 is 0 Å². The maximum Gasteiger partial charge on any atom is 0.332 e. The van der Waals surface area contributed by atoms with E-state index in [9.17, 15) is 9.59 Å². The standard InChI is InChI=1S/C22H29NO3/c1-6-26-20(25)22(12-15-9-7-8-10-16(15)13-22)23-19(24)18-17(11-14(2)3)21(18,4)5/h7-11,17-18H,6,12-13H2,1-5H3,(H,23,24)/t17-,18+/m1/s1. The van der Waals surface area contributed by atoms with E-state index >= 15 is 0 Å². The minimum atomic E-state index is -0.981. The third-order valence-corrected chi connectivity index (χ3v) is 5.84. The van der Waals surface area contributed by atoms with Crippen LogP contribution < -0.4 is 5.32 Å². The first-order valence-corrected chi connectivity index (χ1v) is 9.42. The van der Waals surface area contributed by atoms with Crippen LogP contribution in [-0.2, 0) is 27.2 Å². The van der Waals surface area contributed by atoms with E-state index in [1.54, 1.807) is 6.92 Å². The van der Waals surface area contributed by atoms with Crippen molar-refractivity contribution in [3.8, 4) is 0 Å². The molecule has 4 nitrogen and oxygen atoms in total. The highest BCUT2D eigenvalue weighted by Gasteiger charge is 2.61. The lowest BCUT2D eigenvalue weighted by Crippen LogP contribution is -2.57. The zero-order valence-corrected chi connectivity index (χ0v) is 16.4. The third kappa shape index (κ3) is 3.17. The highest BCUT2D eigenvalue weighted by molar-refractivity contribution is 5.92. The zero-order chi connectivity index (χ0) is 19.1. The van der Waals surface area contributed by atoms with E-state index in [1.807, 2.05) is 24.3 Å². The van der Waals surface area contributed by atoms with Crippen molar-refractivity contribution in [2.75, 3.05) is 6.61 Å². The average molecular weight is 355 g/mol. The second-order valence-electron chi connectivity index (χ2n) is 8.48. The Kier molecular flexibility index (Phi) is 4.72. The average Bonchev–Trinajstić information content (AvgIpc) is 2.91. The number of esters is 1. The smallest absolute Gasteiger partial charge is 0.332 e. The second-order valence-corrected chi connectivity index (χ2v) is 8.48. The van der Waals surface area contributed by atoms with E-state index in [0.29, 0.717) is 19.4 Å². The molecular formula is C22H29NO3. The van der Waals surface area contributed by atoms with Crippen LogP contribution in [0.15, 0.2) is 35.9 Å². The first-order chi connectivity index (χ1) is 12.2. The Bertz CT molecular complexity index is 733. The van der Waals surface area contributed by atoms with Gasteiger partial charge in [-0.1, -0.05) is 49.8 Å². The second kappa shape index (κ2) is 6.57. The summed E-state index contributed by atoms with van der Waals surface area (Å²) in [6.45, 7) is 10.4. The fourth-order valence-electron chi connectivity index (χ4n) is 4.33. The fourth-order valence-corrected chi connectivity index (χ4v) is 4.33. The van der Waals surface area contributed by atoms with E-state index in [2.05, 4.69) is 39.1 Å². The third-order valence-electron chi connectivity index (χ3n) is 5.84. The number of fused-ring (bicyclic) bond motifs is 1. The van der Waals surface area contributed by atoms with Crippen LogP contribution in [0.3, 0.4) is 0 Å². The molecule has 2 aliphatic carbocycles. The summed E-state index contributed by atoms with van der Waals surface area (Å²) in [5.74, 6) is -0.261. The Balaban J connectivity index is 1.83. The number of benzene rings is 1. The van der Waals surface area contributed by atoms with E-state index in [-0.39, 0.29) is 29.1 Å². The van der Waals surface area contributed by atoms with Crippen LogP contribution in [0.25, 0.3) is 0 Å². The molecule has 0 aliphatic heterocycles. The molecule has 0 aromatic heterocycles. The number of allylic oxidation sites excluding steroid dienone is 2. The number of carbonyl (C=O) groups excluding carboxylic acids is 2. The van der Waals surface area contributed by atoms with Crippen LogP contribution in [0.1, 0.15) is 45.7 Å². The zero-order valence-electron chi connectivity index (χ0n) is 16.4. The van der Waals surface area contributed by atoms with Crippen molar-refractivity contribution < 1.29 is 14.3 Å². The van der Waals surface area contributed by atoms with E-state index in [4.69, 9.17) is 4.74 Å². The summed E-state index contributed by atoms with van der Waals surface area (Å²) in [6, 6.07) is 7.98. The molecule has 2 aliphatic rings. The highest BCUT2D eigenvalue weighted by Crippen LogP contribution is 2.59. The number of amides is 1. The van der Waals surface area contributed by atoms with Gasteiger partial charge in [0.15, 0.2) is 0 Å². The van der Waals surface area contributed by atoms with Gasteiger partial charge < -0.3 is 10.1 Å². The van der Waals surface area contributed by atoms with Crippen LogP contribution in [0.2, 0.25) is 0 Å². The number of rotatable bonds is 5. The molecule has 140 valence electrons. The molecule has 0 radical (unpaired) electrons. The largest absolute Gasteiger partial charge is 0.464 e. The molecule has 26 heavy (non-hydrogen) atoms. The maximum atomic E-state index is 13.1. The molecule has 1 saturated carbocycles. The number of ether oxygens (including phenoxy) is 1. The topological polar surface area (TPSA) is 55.4 Å². The van der Waals surface area contributed by atoms with Crippen molar-refractivity contribution in [2.45, 2.75) is 53.0 Å². The predicted molar refractivity (Wildman–Crippen MR) is 102 cm³/mol. The van der Waals surface area contributed by atoms with Gasteiger partial charge in [0.2, 0.25) is 5.91 Å². The van der Waals surface area contributed by atoms with E-state index in [0.717, 1.165) is 11.1 Å². The molecule has 1 aromatic rings. The quantitative estimate of drug-likeness (QED) is 0.650. The van der Waals surface area contributed by atoms with Crippen molar-refractivity contribution in [2.24, 2.45) is 17.3 Å². The number of carbonyl (C=O) groups is 2. The summed E-state index contributed by atoms with van der Waals surface area (Å²) in [7, 11) is 0. The van der Waals surface area contributed by atoms with Gasteiger partial charge >= 0.3 is 5.97 Å². The Labute approximate surface area is 156 Å². The maximum absolute atomic E-state index is 13.1. The van der Waals surface area contributed by atoms with E-state index in [1.165, 1.54) is 5.57 Å². The van der Waals surface area contributed by atoms with Gasteiger partial charge in [-0.3, -0.25) is 4.79 Å². The van der Waals surface area contributed by atoms with Crippen LogP contribution in [-0.4, -0.2) is 24.0 Å². The first kappa shape index (κ1) is 18.7. The Morgan fingerprint density at radius 2 is 1.77 bits per heavy atom. The molecule has 1 fully saturated rings. The van der Waals surface area contributed by atoms with Gasteiger partial charge in [0, 0.05) is 12.8 Å². The monoisotopic (exact) mass is 355 g/mol.